The molecule has 0 atom stereocenters. The Labute approximate surface area is 94.9 Å². The van der Waals surface area contributed by atoms with Crippen LogP contribution >= 0.6 is 0 Å². The van der Waals surface area contributed by atoms with E-state index in [1.807, 2.05) is 32.9 Å². The Kier molecular flexibility index (Phi) is 4.41. The molecule has 0 unspecified atom stereocenters. The standard InChI is InChI=1S/C12H10F2.C2H6/c1-2-8-4-3-5-9-6-7-10(13)12(14)11(8)9;1-2/h3-7H,2H2,1H3;1-2H3. The highest BCUT2D eigenvalue weighted by Gasteiger charge is 2.09. The van der Waals surface area contributed by atoms with E-state index < -0.39 is 11.6 Å². The van der Waals surface area contributed by atoms with E-state index >= 15 is 0 Å². The van der Waals surface area contributed by atoms with Crippen LogP contribution in [0.4, 0.5) is 8.78 Å². The lowest BCUT2D eigenvalue weighted by atomic mass is 10.0. The third-order valence-electron chi connectivity index (χ3n) is 2.40. The summed E-state index contributed by atoms with van der Waals surface area (Å²) >= 11 is 0. The van der Waals surface area contributed by atoms with E-state index in [1.165, 1.54) is 0 Å². The fraction of sp³-hybridized carbons (Fsp3) is 0.286. The molecule has 0 aromatic heterocycles. The predicted molar refractivity (Wildman–Crippen MR) is 64.6 cm³/mol. The molecule has 2 heteroatoms. The van der Waals surface area contributed by atoms with Crippen molar-refractivity contribution in [3.63, 3.8) is 0 Å². The van der Waals surface area contributed by atoms with Gasteiger partial charge in [0.25, 0.3) is 0 Å². The zero-order chi connectivity index (χ0) is 12.1. The number of hydrogen-bond donors (Lipinski definition) is 0. The molecule has 86 valence electrons. The number of benzene rings is 2. The zero-order valence-electron chi connectivity index (χ0n) is 9.85. The first-order valence-electron chi connectivity index (χ1n) is 5.59. The third kappa shape index (κ3) is 2.21. The van der Waals surface area contributed by atoms with Crippen molar-refractivity contribution < 1.29 is 8.78 Å². The number of aryl methyl sites for hydroxylation is 1. The minimum atomic E-state index is -0.779. The quantitative estimate of drug-likeness (QED) is 0.655. The second-order valence-corrected chi connectivity index (χ2v) is 3.23. The van der Waals surface area contributed by atoms with E-state index in [2.05, 4.69) is 0 Å². The lowest BCUT2D eigenvalue weighted by molar-refractivity contribution is 0.516. The summed E-state index contributed by atoms with van der Waals surface area (Å²) in [6.07, 6.45) is 0.706. The van der Waals surface area contributed by atoms with Crippen LogP contribution in [-0.2, 0) is 6.42 Å². The molecule has 0 aliphatic rings. The fourth-order valence-corrected chi connectivity index (χ4v) is 1.68. The summed E-state index contributed by atoms with van der Waals surface area (Å²) in [6, 6.07) is 8.24. The van der Waals surface area contributed by atoms with Gasteiger partial charge in [0.1, 0.15) is 0 Å². The molecule has 2 aromatic carbocycles. The van der Waals surface area contributed by atoms with Crippen LogP contribution in [0.15, 0.2) is 30.3 Å². The Morgan fingerprint density at radius 2 is 1.69 bits per heavy atom. The molecule has 0 amide bonds. The van der Waals surface area contributed by atoms with Gasteiger partial charge < -0.3 is 0 Å². The summed E-state index contributed by atoms with van der Waals surface area (Å²) in [6.45, 7) is 5.93. The predicted octanol–water partition coefficient (Wildman–Crippen LogP) is 4.71. The first-order chi connectivity index (χ1) is 7.74. The second-order valence-electron chi connectivity index (χ2n) is 3.23. The molecule has 0 spiro atoms. The summed E-state index contributed by atoms with van der Waals surface area (Å²) < 4.78 is 26.5. The Hall–Kier alpha value is -1.44. The van der Waals surface area contributed by atoms with Crippen molar-refractivity contribution >= 4 is 10.8 Å². The van der Waals surface area contributed by atoms with Gasteiger partial charge in [0.05, 0.1) is 0 Å². The zero-order valence-corrected chi connectivity index (χ0v) is 9.85. The molecule has 0 heterocycles. The fourth-order valence-electron chi connectivity index (χ4n) is 1.68. The number of halogens is 2. The lowest BCUT2D eigenvalue weighted by Gasteiger charge is -2.05. The molecule has 0 bridgehead atoms. The van der Waals surface area contributed by atoms with Crippen molar-refractivity contribution in [2.24, 2.45) is 0 Å². The van der Waals surface area contributed by atoms with Crippen molar-refractivity contribution in [1.29, 1.82) is 0 Å². The maximum absolute atomic E-state index is 13.5. The van der Waals surface area contributed by atoms with Crippen LogP contribution in [0.1, 0.15) is 26.3 Å². The third-order valence-corrected chi connectivity index (χ3v) is 2.40. The van der Waals surface area contributed by atoms with Crippen LogP contribution in [0, 0.1) is 11.6 Å². The summed E-state index contributed by atoms with van der Waals surface area (Å²) in [5.74, 6) is -1.52. The van der Waals surface area contributed by atoms with E-state index in [4.69, 9.17) is 0 Å². The van der Waals surface area contributed by atoms with Crippen molar-refractivity contribution in [3.05, 3.63) is 47.5 Å². The van der Waals surface area contributed by atoms with Gasteiger partial charge >= 0.3 is 0 Å². The number of hydrogen-bond acceptors (Lipinski definition) is 0. The first kappa shape index (κ1) is 12.6. The van der Waals surface area contributed by atoms with Crippen molar-refractivity contribution in [2.45, 2.75) is 27.2 Å². The number of fused-ring (bicyclic) bond motifs is 1. The maximum Gasteiger partial charge on any atom is 0.166 e. The van der Waals surface area contributed by atoms with Gasteiger partial charge in [-0.05, 0) is 23.4 Å². The first-order valence-corrected chi connectivity index (χ1v) is 5.59. The molecular formula is C14H16F2. The largest absolute Gasteiger partial charge is 0.204 e. The summed E-state index contributed by atoms with van der Waals surface area (Å²) in [5.41, 5.74) is 0.847. The Bertz CT molecular complexity index is 475. The maximum atomic E-state index is 13.5. The minimum absolute atomic E-state index is 0.412. The molecule has 0 radical (unpaired) electrons. The van der Waals surface area contributed by atoms with Gasteiger partial charge in [0.2, 0.25) is 0 Å². The monoisotopic (exact) mass is 222 g/mol. The molecule has 0 aliphatic heterocycles. The molecule has 0 aliphatic carbocycles. The van der Waals surface area contributed by atoms with E-state index in [1.54, 1.807) is 12.1 Å². The van der Waals surface area contributed by atoms with Crippen LogP contribution < -0.4 is 0 Å². The van der Waals surface area contributed by atoms with Crippen molar-refractivity contribution in [1.82, 2.24) is 0 Å². The second kappa shape index (κ2) is 5.59. The van der Waals surface area contributed by atoms with Crippen LogP contribution in [0.5, 0.6) is 0 Å². The lowest BCUT2D eigenvalue weighted by Crippen LogP contribution is -1.91. The summed E-state index contributed by atoms with van der Waals surface area (Å²) in [4.78, 5) is 0. The van der Waals surface area contributed by atoms with Crippen LogP contribution in [0.2, 0.25) is 0 Å². The highest BCUT2D eigenvalue weighted by molar-refractivity contribution is 5.86. The van der Waals surface area contributed by atoms with Gasteiger partial charge in [-0.25, -0.2) is 8.78 Å². The summed E-state index contributed by atoms with van der Waals surface area (Å²) in [7, 11) is 0. The van der Waals surface area contributed by atoms with Gasteiger partial charge in [-0.15, -0.1) is 0 Å². The highest BCUT2D eigenvalue weighted by atomic mass is 19.2. The molecule has 2 rings (SSSR count). The van der Waals surface area contributed by atoms with E-state index in [9.17, 15) is 8.78 Å². The van der Waals surface area contributed by atoms with Gasteiger partial charge in [-0.2, -0.15) is 0 Å². The molecule has 0 saturated carbocycles. The Balaban J connectivity index is 0.000000606. The average molecular weight is 222 g/mol. The van der Waals surface area contributed by atoms with Gasteiger partial charge in [0.15, 0.2) is 11.6 Å². The molecule has 16 heavy (non-hydrogen) atoms. The Morgan fingerprint density at radius 1 is 1.00 bits per heavy atom. The smallest absolute Gasteiger partial charge is 0.166 e. The minimum Gasteiger partial charge on any atom is -0.204 e. The van der Waals surface area contributed by atoms with Gasteiger partial charge in [-0.1, -0.05) is 45.0 Å². The normalized spacial score (nSPS) is 9.81. The molecule has 0 N–H and O–H groups in total. The van der Waals surface area contributed by atoms with E-state index in [-0.39, 0.29) is 0 Å². The molecule has 0 nitrogen and oxygen atoms in total. The van der Waals surface area contributed by atoms with Gasteiger partial charge in [0, 0.05) is 5.39 Å². The van der Waals surface area contributed by atoms with Crippen LogP contribution in [-0.4, -0.2) is 0 Å². The van der Waals surface area contributed by atoms with Crippen molar-refractivity contribution in [2.75, 3.05) is 0 Å². The average Bonchev–Trinajstić information content (AvgIpc) is 2.35. The van der Waals surface area contributed by atoms with E-state index in [0.29, 0.717) is 11.8 Å². The number of rotatable bonds is 1. The topological polar surface area (TPSA) is 0 Å². The SMILES string of the molecule is CC.CCc1cccc2ccc(F)c(F)c12. The summed E-state index contributed by atoms with van der Waals surface area (Å²) in [5, 5.41) is 1.17. The van der Waals surface area contributed by atoms with Gasteiger partial charge in [-0.3, -0.25) is 0 Å². The molecular weight excluding hydrogens is 206 g/mol. The Morgan fingerprint density at radius 3 is 2.31 bits per heavy atom. The van der Waals surface area contributed by atoms with Crippen LogP contribution in [0.3, 0.4) is 0 Å². The molecule has 0 fully saturated rings. The van der Waals surface area contributed by atoms with Crippen molar-refractivity contribution in [3.8, 4) is 0 Å². The molecule has 0 saturated heterocycles. The molecule has 2 aromatic rings. The van der Waals surface area contributed by atoms with Crippen LogP contribution in [0.25, 0.3) is 10.8 Å². The van der Waals surface area contributed by atoms with E-state index in [0.717, 1.165) is 17.0 Å². The highest BCUT2D eigenvalue weighted by Crippen LogP contribution is 2.24.